The van der Waals surface area contributed by atoms with Crippen LogP contribution in [0.4, 0.5) is 8.78 Å². The Morgan fingerprint density at radius 1 is 1.11 bits per heavy atom. The van der Waals surface area contributed by atoms with Gasteiger partial charge in [-0.1, -0.05) is 18.2 Å². The average Bonchev–Trinajstić information content (AvgIpc) is 2.37. The highest BCUT2D eigenvalue weighted by atomic mass is 19.1. The van der Waals surface area contributed by atoms with Crippen LogP contribution in [0.2, 0.25) is 0 Å². The monoisotopic (exact) mass is 249 g/mol. The number of methoxy groups -OCH3 is 1. The topological polar surface area (TPSA) is 35.2 Å². The minimum Gasteiger partial charge on any atom is -0.496 e. The Labute approximate surface area is 104 Å². The first-order valence-corrected chi connectivity index (χ1v) is 5.47. The molecule has 0 heterocycles. The van der Waals surface area contributed by atoms with Crippen LogP contribution in [0.25, 0.3) is 0 Å². The molecule has 0 saturated carbocycles. The average molecular weight is 249 g/mol. The van der Waals surface area contributed by atoms with Gasteiger partial charge in [-0.25, -0.2) is 8.78 Å². The number of halogens is 2. The van der Waals surface area contributed by atoms with E-state index < -0.39 is 17.7 Å². The van der Waals surface area contributed by atoms with Crippen molar-refractivity contribution in [2.24, 2.45) is 5.73 Å². The maximum Gasteiger partial charge on any atom is 0.132 e. The third kappa shape index (κ3) is 2.33. The summed E-state index contributed by atoms with van der Waals surface area (Å²) >= 11 is 0. The van der Waals surface area contributed by atoms with Gasteiger partial charge in [-0.3, -0.25) is 0 Å². The highest BCUT2D eigenvalue weighted by molar-refractivity contribution is 5.42. The summed E-state index contributed by atoms with van der Waals surface area (Å²) in [7, 11) is 1.44. The van der Waals surface area contributed by atoms with Gasteiger partial charge in [-0.15, -0.1) is 0 Å². The van der Waals surface area contributed by atoms with E-state index in [9.17, 15) is 8.78 Å². The molecule has 0 saturated heterocycles. The first-order chi connectivity index (χ1) is 8.63. The summed E-state index contributed by atoms with van der Waals surface area (Å²) in [6.45, 7) is 0. The van der Waals surface area contributed by atoms with Crippen LogP contribution in [0.15, 0.2) is 42.5 Å². The van der Waals surface area contributed by atoms with E-state index >= 15 is 0 Å². The lowest BCUT2D eigenvalue weighted by Crippen LogP contribution is -2.15. The van der Waals surface area contributed by atoms with Crippen LogP contribution < -0.4 is 10.5 Å². The van der Waals surface area contributed by atoms with Crippen molar-refractivity contribution in [3.63, 3.8) is 0 Å². The van der Waals surface area contributed by atoms with Gasteiger partial charge in [0.15, 0.2) is 0 Å². The quantitative estimate of drug-likeness (QED) is 0.907. The third-order valence-corrected chi connectivity index (χ3v) is 2.75. The minimum absolute atomic E-state index is 0.227. The number of nitrogens with two attached hydrogens (primary N) is 1. The molecule has 2 aromatic rings. The second-order valence-corrected chi connectivity index (χ2v) is 3.89. The maximum absolute atomic E-state index is 13.8. The summed E-state index contributed by atoms with van der Waals surface area (Å²) in [4.78, 5) is 0. The predicted molar refractivity (Wildman–Crippen MR) is 65.4 cm³/mol. The normalized spacial score (nSPS) is 12.2. The Hall–Kier alpha value is -1.94. The summed E-state index contributed by atoms with van der Waals surface area (Å²) < 4.78 is 32.1. The highest BCUT2D eigenvalue weighted by Crippen LogP contribution is 2.30. The number of ether oxygens (including phenoxy) is 1. The van der Waals surface area contributed by atoms with E-state index in [-0.39, 0.29) is 5.56 Å². The summed E-state index contributed by atoms with van der Waals surface area (Å²) in [5.41, 5.74) is 6.70. The molecule has 2 nitrogen and oxygen atoms in total. The van der Waals surface area contributed by atoms with Crippen LogP contribution in [0.1, 0.15) is 17.2 Å². The molecule has 2 N–H and O–H groups in total. The van der Waals surface area contributed by atoms with Crippen LogP contribution in [0.5, 0.6) is 5.75 Å². The molecule has 2 rings (SSSR count). The standard InChI is InChI=1S/C14H13F2NO/c1-18-12-7-3-6-11(16)13(12)14(17)9-4-2-5-10(15)8-9/h2-8,14H,17H2,1H3. The molecule has 1 unspecified atom stereocenters. The Morgan fingerprint density at radius 3 is 2.50 bits per heavy atom. The van der Waals surface area contributed by atoms with Gasteiger partial charge in [0.1, 0.15) is 17.4 Å². The summed E-state index contributed by atoms with van der Waals surface area (Å²) in [6.07, 6.45) is 0. The van der Waals surface area contributed by atoms with Crippen molar-refractivity contribution in [2.45, 2.75) is 6.04 Å². The van der Waals surface area contributed by atoms with Crippen molar-refractivity contribution < 1.29 is 13.5 Å². The lowest BCUT2D eigenvalue weighted by molar-refractivity contribution is 0.402. The molecule has 2 aromatic carbocycles. The molecule has 0 radical (unpaired) electrons. The molecule has 0 fully saturated rings. The molecular weight excluding hydrogens is 236 g/mol. The first kappa shape index (κ1) is 12.5. The van der Waals surface area contributed by atoms with E-state index in [0.717, 1.165) is 0 Å². The summed E-state index contributed by atoms with van der Waals surface area (Å²) in [5, 5.41) is 0. The molecule has 18 heavy (non-hydrogen) atoms. The van der Waals surface area contributed by atoms with E-state index in [1.165, 1.54) is 37.4 Å². The summed E-state index contributed by atoms with van der Waals surface area (Å²) in [6, 6.07) is 9.49. The Balaban J connectivity index is 2.48. The molecule has 4 heteroatoms. The Kier molecular flexibility index (Phi) is 3.58. The van der Waals surface area contributed by atoms with Crippen molar-refractivity contribution in [1.29, 1.82) is 0 Å². The van der Waals surface area contributed by atoms with Gasteiger partial charge < -0.3 is 10.5 Å². The van der Waals surface area contributed by atoms with Gasteiger partial charge in [0.2, 0.25) is 0 Å². The summed E-state index contributed by atoms with van der Waals surface area (Å²) in [5.74, 6) is -0.517. The van der Waals surface area contributed by atoms with E-state index in [1.807, 2.05) is 0 Å². The van der Waals surface area contributed by atoms with Gasteiger partial charge in [0, 0.05) is 0 Å². The Bertz CT molecular complexity index is 557. The molecule has 0 aliphatic carbocycles. The second kappa shape index (κ2) is 5.14. The number of hydrogen-bond donors (Lipinski definition) is 1. The lowest BCUT2D eigenvalue weighted by atomic mass is 9.98. The zero-order chi connectivity index (χ0) is 13.1. The van der Waals surface area contributed by atoms with Gasteiger partial charge in [-0.05, 0) is 29.8 Å². The molecule has 0 aliphatic rings. The lowest BCUT2D eigenvalue weighted by Gasteiger charge is -2.16. The molecular formula is C14H13F2NO. The number of hydrogen-bond acceptors (Lipinski definition) is 2. The second-order valence-electron chi connectivity index (χ2n) is 3.89. The molecule has 0 aliphatic heterocycles. The van der Waals surface area contributed by atoms with Gasteiger partial charge in [-0.2, -0.15) is 0 Å². The van der Waals surface area contributed by atoms with Crippen LogP contribution in [0, 0.1) is 11.6 Å². The molecule has 1 atom stereocenters. The molecule has 0 spiro atoms. The van der Waals surface area contributed by atoms with Gasteiger partial charge >= 0.3 is 0 Å². The molecule has 0 aromatic heterocycles. The maximum atomic E-state index is 13.8. The molecule has 0 bridgehead atoms. The zero-order valence-corrected chi connectivity index (χ0v) is 9.86. The first-order valence-electron chi connectivity index (χ1n) is 5.47. The van der Waals surface area contributed by atoms with Crippen LogP contribution in [-0.2, 0) is 0 Å². The smallest absolute Gasteiger partial charge is 0.132 e. The fraction of sp³-hybridized carbons (Fsp3) is 0.143. The van der Waals surface area contributed by atoms with Crippen LogP contribution in [0.3, 0.4) is 0 Å². The van der Waals surface area contributed by atoms with Crippen LogP contribution in [-0.4, -0.2) is 7.11 Å². The Morgan fingerprint density at radius 2 is 1.83 bits per heavy atom. The largest absolute Gasteiger partial charge is 0.496 e. The van der Waals surface area contributed by atoms with Crippen LogP contribution >= 0.6 is 0 Å². The minimum atomic E-state index is -0.767. The fourth-order valence-electron chi connectivity index (χ4n) is 1.86. The van der Waals surface area contributed by atoms with E-state index in [0.29, 0.717) is 11.3 Å². The highest BCUT2D eigenvalue weighted by Gasteiger charge is 2.18. The van der Waals surface area contributed by atoms with Crippen molar-refractivity contribution in [2.75, 3.05) is 7.11 Å². The van der Waals surface area contributed by atoms with E-state index in [1.54, 1.807) is 12.1 Å². The van der Waals surface area contributed by atoms with Gasteiger partial charge in [0.25, 0.3) is 0 Å². The van der Waals surface area contributed by atoms with Crippen molar-refractivity contribution in [1.82, 2.24) is 0 Å². The van der Waals surface area contributed by atoms with Crippen molar-refractivity contribution in [3.8, 4) is 5.75 Å². The molecule has 94 valence electrons. The number of benzene rings is 2. The van der Waals surface area contributed by atoms with Gasteiger partial charge in [0.05, 0.1) is 18.7 Å². The third-order valence-electron chi connectivity index (χ3n) is 2.75. The molecule has 0 amide bonds. The SMILES string of the molecule is COc1cccc(F)c1C(N)c1cccc(F)c1. The van der Waals surface area contributed by atoms with E-state index in [4.69, 9.17) is 10.5 Å². The van der Waals surface area contributed by atoms with Crippen molar-refractivity contribution in [3.05, 3.63) is 65.2 Å². The zero-order valence-electron chi connectivity index (χ0n) is 9.86. The van der Waals surface area contributed by atoms with E-state index in [2.05, 4.69) is 0 Å². The van der Waals surface area contributed by atoms with Crippen molar-refractivity contribution >= 4 is 0 Å². The predicted octanol–water partition coefficient (Wildman–Crippen LogP) is 3.02. The fourth-order valence-corrected chi connectivity index (χ4v) is 1.86. The number of rotatable bonds is 3.